The number of thiazole rings is 1. The molecule has 1 aromatic rings. The number of hydrogen-bond donors (Lipinski definition) is 3. The SMILES string of the molecule is Cc1csc(NC(=O)NCC2(O)CCC2)n1. The van der Waals surface area contributed by atoms with Gasteiger partial charge in [0.2, 0.25) is 0 Å². The third kappa shape index (κ3) is 2.70. The van der Waals surface area contributed by atoms with Gasteiger partial charge in [-0.25, -0.2) is 9.78 Å². The van der Waals surface area contributed by atoms with Gasteiger partial charge in [-0.1, -0.05) is 0 Å². The molecule has 1 aliphatic rings. The van der Waals surface area contributed by atoms with E-state index < -0.39 is 5.60 Å². The van der Waals surface area contributed by atoms with Crippen molar-refractivity contribution in [2.75, 3.05) is 11.9 Å². The minimum absolute atomic E-state index is 0.309. The largest absolute Gasteiger partial charge is 0.388 e. The van der Waals surface area contributed by atoms with Crippen LogP contribution in [0.2, 0.25) is 0 Å². The van der Waals surface area contributed by atoms with E-state index >= 15 is 0 Å². The topological polar surface area (TPSA) is 74.2 Å². The van der Waals surface area contributed by atoms with Crippen LogP contribution in [0.25, 0.3) is 0 Å². The Balaban J connectivity index is 1.76. The van der Waals surface area contributed by atoms with Crippen LogP contribution in [0.3, 0.4) is 0 Å². The zero-order valence-corrected chi connectivity index (χ0v) is 9.93. The molecule has 0 spiro atoms. The Morgan fingerprint density at radius 3 is 2.94 bits per heavy atom. The summed E-state index contributed by atoms with van der Waals surface area (Å²) < 4.78 is 0. The molecule has 6 heteroatoms. The Morgan fingerprint density at radius 2 is 2.44 bits per heavy atom. The highest BCUT2D eigenvalue weighted by Crippen LogP contribution is 2.30. The number of aryl methyl sites for hydroxylation is 1. The van der Waals surface area contributed by atoms with Gasteiger partial charge in [0.25, 0.3) is 0 Å². The smallest absolute Gasteiger partial charge is 0.321 e. The molecule has 0 saturated heterocycles. The highest BCUT2D eigenvalue weighted by Gasteiger charge is 2.34. The predicted molar refractivity (Wildman–Crippen MR) is 62.7 cm³/mol. The van der Waals surface area contributed by atoms with Gasteiger partial charge in [-0.15, -0.1) is 11.3 Å². The van der Waals surface area contributed by atoms with Crippen molar-refractivity contribution >= 4 is 22.5 Å². The van der Waals surface area contributed by atoms with Gasteiger partial charge in [0.05, 0.1) is 11.3 Å². The maximum absolute atomic E-state index is 11.4. The van der Waals surface area contributed by atoms with Crippen LogP contribution in [0.15, 0.2) is 5.38 Å². The number of urea groups is 1. The average molecular weight is 241 g/mol. The third-order valence-corrected chi connectivity index (χ3v) is 3.58. The van der Waals surface area contributed by atoms with E-state index in [1.165, 1.54) is 11.3 Å². The van der Waals surface area contributed by atoms with E-state index in [0.29, 0.717) is 11.7 Å². The van der Waals surface area contributed by atoms with Crippen LogP contribution < -0.4 is 10.6 Å². The van der Waals surface area contributed by atoms with Gasteiger partial charge in [0.15, 0.2) is 5.13 Å². The lowest BCUT2D eigenvalue weighted by Gasteiger charge is -2.36. The summed E-state index contributed by atoms with van der Waals surface area (Å²) >= 11 is 1.39. The molecule has 1 heterocycles. The van der Waals surface area contributed by atoms with E-state index in [1.807, 2.05) is 12.3 Å². The van der Waals surface area contributed by atoms with Gasteiger partial charge >= 0.3 is 6.03 Å². The van der Waals surface area contributed by atoms with Crippen LogP contribution in [0.1, 0.15) is 25.0 Å². The van der Waals surface area contributed by atoms with E-state index in [1.54, 1.807) is 0 Å². The number of carbonyl (C=O) groups is 1. The Hall–Kier alpha value is -1.14. The van der Waals surface area contributed by atoms with Crippen LogP contribution in [-0.2, 0) is 0 Å². The molecule has 0 unspecified atom stereocenters. The number of rotatable bonds is 3. The van der Waals surface area contributed by atoms with Gasteiger partial charge in [0.1, 0.15) is 0 Å². The molecular weight excluding hydrogens is 226 g/mol. The number of amides is 2. The standard InChI is InChI=1S/C10H15N3O2S/c1-7-5-16-9(12-7)13-8(14)11-6-10(15)3-2-4-10/h5,15H,2-4,6H2,1H3,(H2,11,12,13,14). The van der Waals surface area contributed by atoms with Gasteiger partial charge in [-0.05, 0) is 26.2 Å². The molecule has 1 saturated carbocycles. The van der Waals surface area contributed by atoms with Crippen LogP contribution in [0.5, 0.6) is 0 Å². The second kappa shape index (κ2) is 4.39. The molecule has 0 bridgehead atoms. The lowest BCUT2D eigenvalue weighted by atomic mass is 9.80. The Morgan fingerprint density at radius 1 is 1.69 bits per heavy atom. The zero-order valence-electron chi connectivity index (χ0n) is 9.12. The molecule has 2 amide bonds. The summed E-state index contributed by atoms with van der Waals surface area (Å²) in [7, 11) is 0. The van der Waals surface area contributed by atoms with Gasteiger partial charge < -0.3 is 10.4 Å². The monoisotopic (exact) mass is 241 g/mol. The Labute approximate surface area is 97.9 Å². The van der Waals surface area contributed by atoms with E-state index in [-0.39, 0.29) is 6.03 Å². The average Bonchev–Trinajstić information content (AvgIpc) is 2.58. The molecule has 2 rings (SSSR count). The summed E-state index contributed by atoms with van der Waals surface area (Å²) in [6.45, 7) is 2.18. The minimum atomic E-state index is -0.684. The van der Waals surface area contributed by atoms with Crippen molar-refractivity contribution in [3.63, 3.8) is 0 Å². The van der Waals surface area contributed by atoms with Gasteiger partial charge in [-0.3, -0.25) is 5.32 Å². The molecule has 16 heavy (non-hydrogen) atoms. The molecule has 1 aromatic heterocycles. The first-order valence-electron chi connectivity index (χ1n) is 5.27. The number of carbonyl (C=O) groups excluding carboxylic acids is 1. The second-order valence-corrected chi connectivity index (χ2v) is 5.04. The number of nitrogens with zero attached hydrogens (tertiary/aromatic N) is 1. The quantitative estimate of drug-likeness (QED) is 0.750. The Bertz CT molecular complexity index is 387. The zero-order chi connectivity index (χ0) is 11.6. The number of hydrogen-bond acceptors (Lipinski definition) is 4. The Kier molecular flexibility index (Phi) is 3.11. The maximum Gasteiger partial charge on any atom is 0.321 e. The molecule has 3 N–H and O–H groups in total. The molecule has 88 valence electrons. The molecule has 0 atom stereocenters. The molecule has 1 fully saturated rings. The lowest BCUT2D eigenvalue weighted by molar-refractivity contribution is -0.0287. The summed E-state index contributed by atoms with van der Waals surface area (Å²) in [5.74, 6) is 0. The van der Waals surface area contributed by atoms with Crippen molar-refractivity contribution in [3.8, 4) is 0 Å². The number of aromatic nitrogens is 1. The van der Waals surface area contributed by atoms with Crippen molar-refractivity contribution in [1.82, 2.24) is 10.3 Å². The maximum atomic E-state index is 11.4. The van der Waals surface area contributed by atoms with Crippen LogP contribution in [-0.4, -0.2) is 28.3 Å². The fraction of sp³-hybridized carbons (Fsp3) is 0.600. The number of nitrogens with one attached hydrogen (secondary N) is 2. The first-order valence-corrected chi connectivity index (χ1v) is 6.15. The normalized spacial score (nSPS) is 17.6. The van der Waals surface area contributed by atoms with Crippen molar-refractivity contribution in [2.45, 2.75) is 31.8 Å². The number of anilines is 1. The lowest BCUT2D eigenvalue weighted by Crippen LogP contribution is -2.48. The third-order valence-electron chi connectivity index (χ3n) is 2.70. The van der Waals surface area contributed by atoms with Crippen molar-refractivity contribution in [2.24, 2.45) is 0 Å². The van der Waals surface area contributed by atoms with Crippen LogP contribution >= 0.6 is 11.3 Å². The van der Waals surface area contributed by atoms with E-state index in [9.17, 15) is 9.90 Å². The second-order valence-electron chi connectivity index (χ2n) is 4.18. The van der Waals surface area contributed by atoms with Gasteiger partial charge in [0, 0.05) is 11.9 Å². The highest BCUT2D eigenvalue weighted by atomic mass is 32.1. The summed E-state index contributed by atoms with van der Waals surface area (Å²) in [6, 6.07) is -0.310. The fourth-order valence-corrected chi connectivity index (χ4v) is 2.24. The van der Waals surface area contributed by atoms with E-state index in [2.05, 4.69) is 15.6 Å². The summed E-state index contributed by atoms with van der Waals surface area (Å²) in [4.78, 5) is 15.6. The van der Waals surface area contributed by atoms with Crippen molar-refractivity contribution in [1.29, 1.82) is 0 Å². The van der Waals surface area contributed by atoms with E-state index in [4.69, 9.17) is 0 Å². The first-order chi connectivity index (χ1) is 7.57. The first kappa shape index (κ1) is 11.3. The predicted octanol–water partition coefficient (Wildman–Crippen LogP) is 1.49. The highest BCUT2D eigenvalue weighted by molar-refractivity contribution is 7.13. The van der Waals surface area contributed by atoms with Gasteiger partial charge in [-0.2, -0.15) is 0 Å². The number of aliphatic hydroxyl groups is 1. The van der Waals surface area contributed by atoms with Crippen molar-refractivity contribution in [3.05, 3.63) is 11.1 Å². The van der Waals surface area contributed by atoms with Crippen LogP contribution in [0, 0.1) is 6.92 Å². The summed E-state index contributed by atoms with van der Waals surface area (Å²) in [5, 5.41) is 17.5. The van der Waals surface area contributed by atoms with E-state index in [0.717, 1.165) is 25.0 Å². The molecule has 0 aliphatic heterocycles. The fourth-order valence-electron chi connectivity index (χ4n) is 1.56. The summed E-state index contributed by atoms with van der Waals surface area (Å²) in [5.41, 5.74) is 0.203. The molecular formula is C10H15N3O2S. The van der Waals surface area contributed by atoms with Crippen molar-refractivity contribution < 1.29 is 9.90 Å². The molecule has 1 aliphatic carbocycles. The minimum Gasteiger partial charge on any atom is -0.388 e. The molecule has 0 radical (unpaired) electrons. The van der Waals surface area contributed by atoms with Crippen LogP contribution in [0.4, 0.5) is 9.93 Å². The summed E-state index contributed by atoms with van der Waals surface area (Å²) in [6.07, 6.45) is 2.57. The molecule has 0 aromatic carbocycles. The molecule has 5 nitrogen and oxygen atoms in total.